The summed E-state index contributed by atoms with van der Waals surface area (Å²) in [5.74, 6) is 0.758. The van der Waals surface area contributed by atoms with Crippen LogP contribution in [0.4, 0.5) is 0 Å². The average molecular weight is 589 g/mol. The molecule has 0 aromatic heterocycles. The maximum absolute atomic E-state index is 14.1. The van der Waals surface area contributed by atoms with Crippen molar-refractivity contribution in [2.75, 3.05) is 7.11 Å². The highest BCUT2D eigenvalue weighted by molar-refractivity contribution is 6.04. The predicted octanol–water partition coefficient (Wildman–Crippen LogP) is 8.11. The van der Waals surface area contributed by atoms with E-state index in [1.165, 1.54) is 5.57 Å². The van der Waals surface area contributed by atoms with Crippen LogP contribution in [-0.2, 0) is 9.59 Å². The lowest BCUT2D eigenvalue weighted by Crippen LogP contribution is -2.66. The second-order valence-electron chi connectivity index (χ2n) is 17.0. The molecular formula is C38H52O5. The number of ether oxygens (including phenoxy) is 1. The molecule has 0 heterocycles. The number of carboxylic acids is 1. The molecule has 0 unspecified atom stereocenters. The monoisotopic (exact) mass is 588 g/mol. The van der Waals surface area contributed by atoms with Gasteiger partial charge in [0.25, 0.3) is 0 Å². The van der Waals surface area contributed by atoms with Crippen molar-refractivity contribution in [1.82, 2.24) is 0 Å². The fourth-order valence-corrected chi connectivity index (χ4v) is 11.7. The van der Waals surface area contributed by atoms with Crippen molar-refractivity contribution in [3.05, 3.63) is 47.1 Å². The molecule has 4 fully saturated rings. The van der Waals surface area contributed by atoms with Gasteiger partial charge in [-0.15, -0.1) is 0 Å². The maximum atomic E-state index is 14.1. The Morgan fingerprint density at radius 2 is 1.63 bits per heavy atom. The molecule has 8 atom stereocenters. The van der Waals surface area contributed by atoms with Gasteiger partial charge in [-0.1, -0.05) is 72.2 Å². The number of ketones is 1. The van der Waals surface area contributed by atoms with Crippen LogP contribution < -0.4 is 4.74 Å². The summed E-state index contributed by atoms with van der Waals surface area (Å²) in [5.41, 5.74) is 1.33. The number of aliphatic hydroxyl groups excluding tert-OH is 1. The molecule has 0 aliphatic heterocycles. The number of aliphatic hydroxyl groups is 1. The van der Waals surface area contributed by atoms with E-state index < -0.39 is 22.9 Å². The number of methoxy groups -OCH3 is 1. The zero-order valence-corrected chi connectivity index (χ0v) is 27.5. The molecule has 5 heteroatoms. The largest absolute Gasteiger partial charge is 0.497 e. The standard InChI is InChI=1S/C38H52O5/c1-33(2)21-27-26-13-14-29-35(5)20-24(19-23-9-11-25(43-8)12-10-23)31(40)34(3,4)28(35)15-16-37(29,7)36(26,6)17-18-38(27,32(41)42)30(39)22-33/h9-13,19,27-30,39H,14-18,20-22H2,1-8H3,(H,41,42)/b24-19+/t27-,28-,29+,30+,35-,36+,37+,38-/m0/s1. The highest BCUT2D eigenvalue weighted by atomic mass is 16.5. The number of carbonyl (C=O) groups is 2. The van der Waals surface area contributed by atoms with Gasteiger partial charge >= 0.3 is 5.97 Å². The molecule has 43 heavy (non-hydrogen) atoms. The Balaban J connectivity index is 1.44. The molecule has 6 rings (SSSR count). The Kier molecular flexibility index (Phi) is 6.80. The smallest absolute Gasteiger partial charge is 0.312 e. The molecule has 1 aromatic carbocycles. The number of hydrogen-bond acceptors (Lipinski definition) is 4. The van der Waals surface area contributed by atoms with E-state index in [-0.39, 0.29) is 39.3 Å². The summed E-state index contributed by atoms with van der Waals surface area (Å²) in [6.07, 6.45) is 10.0. The third-order valence-electron chi connectivity index (χ3n) is 14.1. The first-order valence-corrected chi connectivity index (χ1v) is 16.5. The number of carboxylic acid groups (broad SMARTS) is 1. The summed E-state index contributed by atoms with van der Waals surface area (Å²) in [6, 6.07) is 7.95. The van der Waals surface area contributed by atoms with Crippen LogP contribution in [0, 0.1) is 50.2 Å². The lowest BCUT2D eigenvalue weighted by Gasteiger charge is -2.70. The van der Waals surface area contributed by atoms with Crippen molar-refractivity contribution >= 4 is 17.8 Å². The fourth-order valence-electron chi connectivity index (χ4n) is 11.7. The van der Waals surface area contributed by atoms with Gasteiger partial charge in [-0.05, 0) is 120 Å². The van der Waals surface area contributed by atoms with E-state index in [0.29, 0.717) is 18.8 Å². The maximum Gasteiger partial charge on any atom is 0.312 e. The normalized spacial score (nSPS) is 43.9. The molecule has 0 bridgehead atoms. The van der Waals surface area contributed by atoms with Crippen LogP contribution in [0.3, 0.4) is 0 Å². The predicted molar refractivity (Wildman–Crippen MR) is 169 cm³/mol. The second kappa shape index (κ2) is 9.55. The minimum atomic E-state index is -1.10. The topological polar surface area (TPSA) is 83.8 Å². The highest BCUT2D eigenvalue weighted by Crippen LogP contribution is 2.75. The molecule has 234 valence electrons. The van der Waals surface area contributed by atoms with Crippen molar-refractivity contribution in [3.8, 4) is 5.75 Å². The van der Waals surface area contributed by atoms with Gasteiger partial charge < -0.3 is 14.9 Å². The number of allylic oxidation sites excluding steroid dienone is 3. The van der Waals surface area contributed by atoms with E-state index in [1.807, 2.05) is 24.3 Å². The van der Waals surface area contributed by atoms with Gasteiger partial charge in [-0.25, -0.2) is 0 Å². The van der Waals surface area contributed by atoms with E-state index in [2.05, 4.69) is 60.6 Å². The minimum absolute atomic E-state index is 0.0266. The van der Waals surface area contributed by atoms with Crippen LogP contribution >= 0.6 is 0 Å². The number of Topliss-reactive ketones (excluding diaryl/α,β-unsaturated/α-hetero) is 1. The van der Waals surface area contributed by atoms with Gasteiger partial charge in [0.15, 0.2) is 5.78 Å². The van der Waals surface area contributed by atoms with Crippen molar-refractivity contribution < 1.29 is 24.5 Å². The van der Waals surface area contributed by atoms with Gasteiger partial charge in [0.05, 0.1) is 13.2 Å². The quantitative estimate of drug-likeness (QED) is 0.275. The van der Waals surface area contributed by atoms with Crippen molar-refractivity contribution in [2.24, 2.45) is 50.2 Å². The van der Waals surface area contributed by atoms with Gasteiger partial charge in [-0.2, -0.15) is 0 Å². The van der Waals surface area contributed by atoms with Crippen molar-refractivity contribution in [3.63, 3.8) is 0 Å². The van der Waals surface area contributed by atoms with Crippen LogP contribution in [0.15, 0.2) is 41.5 Å². The molecule has 5 nitrogen and oxygen atoms in total. The number of hydrogen-bond donors (Lipinski definition) is 2. The number of rotatable bonds is 3. The fraction of sp³-hybridized carbons (Fsp3) is 0.684. The molecule has 5 aliphatic rings. The van der Waals surface area contributed by atoms with Gasteiger partial charge in [-0.3, -0.25) is 9.59 Å². The molecule has 0 amide bonds. The zero-order valence-electron chi connectivity index (χ0n) is 27.5. The number of aliphatic carboxylic acids is 1. The van der Waals surface area contributed by atoms with Crippen LogP contribution in [0.5, 0.6) is 5.75 Å². The summed E-state index contributed by atoms with van der Waals surface area (Å²) >= 11 is 0. The SMILES string of the molecule is COc1ccc(/C=C2\C[C@]3(C)[C@H]4CC=C5[C@@H]6CC(C)(C)C[C@@H](O)[C@]6(C(=O)O)CC[C@@]5(C)[C@]4(C)CC[C@H]3C(C)(C)C2=O)cc1. The summed E-state index contributed by atoms with van der Waals surface area (Å²) in [6.45, 7) is 16.1. The van der Waals surface area contributed by atoms with E-state index in [0.717, 1.165) is 55.4 Å². The van der Waals surface area contributed by atoms with E-state index in [4.69, 9.17) is 4.74 Å². The van der Waals surface area contributed by atoms with Crippen LogP contribution in [0.2, 0.25) is 0 Å². The van der Waals surface area contributed by atoms with Crippen molar-refractivity contribution in [1.29, 1.82) is 0 Å². The number of fused-ring (bicyclic) bond motifs is 7. The van der Waals surface area contributed by atoms with Crippen LogP contribution in [-0.4, -0.2) is 35.2 Å². The third kappa shape index (κ3) is 4.05. The Morgan fingerprint density at radius 1 is 0.953 bits per heavy atom. The highest BCUT2D eigenvalue weighted by Gasteiger charge is 2.71. The molecule has 0 saturated heterocycles. The summed E-state index contributed by atoms with van der Waals surface area (Å²) < 4.78 is 5.35. The summed E-state index contributed by atoms with van der Waals surface area (Å²) in [4.78, 5) is 27.1. The summed E-state index contributed by atoms with van der Waals surface area (Å²) in [5, 5.41) is 22.1. The lowest BCUT2D eigenvalue weighted by atomic mass is 9.33. The van der Waals surface area contributed by atoms with Crippen molar-refractivity contribution in [2.45, 2.75) is 106 Å². The van der Waals surface area contributed by atoms with E-state index >= 15 is 0 Å². The molecule has 1 aromatic rings. The second-order valence-corrected chi connectivity index (χ2v) is 17.0. The third-order valence-corrected chi connectivity index (χ3v) is 14.1. The minimum Gasteiger partial charge on any atom is -0.497 e. The Morgan fingerprint density at radius 3 is 2.26 bits per heavy atom. The Bertz CT molecular complexity index is 1400. The number of carbonyl (C=O) groups excluding carboxylic acids is 1. The molecule has 5 aliphatic carbocycles. The number of benzene rings is 1. The Labute approximate surface area is 258 Å². The average Bonchev–Trinajstić information content (AvgIpc) is 2.91. The van der Waals surface area contributed by atoms with Gasteiger partial charge in [0.1, 0.15) is 11.2 Å². The van der Waals surface area contributed by atoms with E-state index in [9.17, 15) is 19.8 Å². The van der Waals surface area contributed by atoms with Gasteiger partial charge in [0.2, 0.25) is 0 Å². The Hall–Kier alpha value is -2.40. The molecule has 2 N–H and O–H groups in total. The molecule has 4 saturated carbocycles. The first-order chi connectivity index (χ1) is 20.0. The van der Waals surface area contributed by atoms with Crippen LogP contribution in [0.25, 0.3) is 6.08 Å². The van der Waals surface area contributed by atoms with Gasteiger partial charge in [0, 0.05) is 5.41 Å². The molecule has 0 radical (unpaired) electrons. The molecule has 0 spiro atoms. The van der Waals surface area contributed by atoms with Crippen LogP contribution in [0.1, 0.15) is 105 Å². The molecular weight excluding hydrogens is 536 g/mol. The van der Waals surface area contributed by atoms with E-state index in [1.54, 1.807) is 7.11 Å². The summed E-state index contributed by atoms with van der Waals surface area (Å²) in [7, 11) is 1.66. The first-order valence-electron chi connectivity index (χ1n) is 16.5. The zero-order chi connectivity index (χ0) is 31.4. The lowest BCUT2D eigenvalue weighted by molar-refractivity contribution is -0.197. The first kappa shape index (κ1) is 30.6.